The fraction of sp³-hybridized carbons (Fsp3) is 0.348. The normalized spacial score (nSPS) is 16.6. The van der Waals surface area contributed by atoms with Crippen molar-refractivity contribution in [3.05, 3.63) is 71.7 Å². The molecular weight excluding hydrogens is 362 g/mol. The molecule has 1 saturated heterocycles. The van der Waals surface area contributed by atoms with Crippen LogP contribution in [-0.4, -0.2) is 51.8 Å². The standard InChI is InChI=1S/C23H25N5O/c29-23(18-7-9-20(10-8-18)26-11-3-4-12-26)28-15-13-27(14-16-28)22-17-19-5-1-2-6-21(19)24-25-22/h3-4,7-12,17H,1-2,5-6,13-16H2. The molecule has 6 nitrogen and oxygen atoms in total. The SMILES string of the molecule is O=C(c1ccc(-n2cccc2)cc1)N1CCN(c2cc3c(nn2)CCCC3)CC1. The molecule has 29 heavy (non-hydrogen) atoms. The van der Waals surface area contributed by atoms with Gasteiger partial charge in [-0.2, -0.15) is 5.10 Å². The van der Waals surface area contributed by atoms with Gasteiger partial charge in [-0.1, -0.05) is 0 Å². The molecule has 1 aliphatic carbocycles. The predicted octanol–water partition coefficient (Wildman–Crippen LogP) is 3.11. The van der Waals surface area contributed by atoms with Crippen LogP contribution in [0.1, 0.15) is 34.5 Å². The maximum atomic E-state index is 12.9. The van der Waals surface area contributed by atoms with Gasteiger partial charge in [0.25, 0.3) is 5.91 Å². The van der Waals surface area contributed by atoms with E-state index in [0.717, 1.165) is 48.7 Å². The lowest BCUT2D eigenvalue weighted by Gasteiger charge is -2.35. The summed E-state index contributed by atoms with van der Waals surface area (Å²) in [6.07, 6.45) is 8.61. The van der Waals surface area contributed by atoms with Gasteiger partial charge in [-0.05, 0) is 73.7 Å². The molecule has 0 atom stereocenters. The number of piperazine rings is 1. The average Bonchev–Trinajstić information content (AvgIpc) is 3.33. The highest BCUT2D eigenvalue weighted by Crippen LogP contribution is 2.23. The summed E-state index contributed by atoms with van der Waals surface area (Å²) >= 11 is 0. The Balaban J connectivity index is 1.23. The average molecular weight is 387 g/mol. The van der Waals surface area contributed by atoms with Gasteiger partial charge in [0.05, 0.1) is 5.69 Å². The smallest absolute Gasteiger partial charge is 0.253 e. The summed E-state index contributed by atoms with van der Waals surface area (Å²) in [6.45, 7) is 3.00. The highest BCUT2D eigenvalue weighted by Gasteiger charge is 2.24. The van der Waals surface area contributed by atoms with Crippen molar-refractivity contribution in [2.45, 2.75) is 25.7 Å². The first-order valence-corrected chi connectivity index (χ1v) is 10.4. The van der Waals surface area contributed by atoms with E-state index in [1.165, 1.54) is 18.4 Å². The van der Waals surface area contributed by atoms with Gasteiger partial charge in [0.15, 0.2) is 5.82 Å². The third-order valence-corrected chi connectivity index (χ3v) is 5.96. The lowest BCUT2D eigenvalue weighted by Crippen LogP contribution is -2.49. The molecule has 148 valence electrons. The van der Waals surface area contributed by atoms with Gasteiger partial charge < -0.3 is 14.4 Å². The molecule has 2 aliphatic rings. The van der Waals surface area contributed by atoms with Crippen molar-refractivity contribution in [3.8, 4) is 5.69 Å². The van der Waals surface area contributed by atoms with Crippen molar-refractivity contribution in [3.63, 3.8) is 0 Å². The van der Waals surface area contributed by atoms with Crippen molar-refractivity contribution < 1.29 is 4.79 Å². The summed E-state index contributed by atoms with van der Waals surface area (Å²) in [5, 5.41) is 8.90. The maximum absolute atomic E-state index is 12.9. The quantitative estimate of drug-likeness (QED) is 0.693. The van der Waals surface area contributed by atoms with E-state index < -0.39 is 0 Å². The Morgan fingerprint density at radius 1 is 0.862 bits per heavy atom. The van der Waals surface area contributed by atoms with E-state index in [-0.39, 0.29) is 5.91 Å². The topological polar surface area (TPSA) is 54.3 Å². The molecule has 5 rings (SSSR count). The van der Waals surface area contributed by atoms with Crippen LogP contribution in [-0.2, 0) is 12.8 Å². The Hall–Kier alpha value is -3.15. The third kappa shape index (κ3) is 3.62. The van der Waals surface area contributed by atoms with Crippen LogP contribution in [0.15, 0.2) is 54.9 Å². The molecule has 1 aromatic carbocycles. The zero-order valence-corrected chi connectivity index (χ0v) is 16.5. The minimum absolute atomic E-state index is 0.0974. The van der Waals surface area contributed by atoms with Crippen LogP contribution in [0.5, 0.6) is 0 Å². The van der Waals surface area contributed by atoms with Crippen LogP contribution in [0.3, 0.4) is 0 Å². The number of aromatic nitrogens is 3. The Morgan fingerprint density at radius 3 is 2.34 bits per heavy atom. The lowest BCUT2D eigenvalue weighted by atomic mass is 9.97. The maximum Gasteiger partial charge on any atom is 0.253 e. The molecule has 1 aliphatic heterocycles. The lowest BCUT2D eigenvalue weighted by molar-refractivity contribution is 0.0746. The molecule has 0 saturated carbocycles. The molecule has 6 heteroatoms. The molecule has 1 amide bonds. The molecular formula is C23H25N5O. The number of hydrogen-bond acceptors (Lipinski definition) is 4. The van der Waals surface area contributed by atoms with Gasteiger partial charge in [0, 0.05) is 49.8 Å². The highest BCUT2D eigenvalue weighted by atomic mass is 16.2. The van der Waals surface area contributed by atoms with Crippen LogP contribution in [0, 0.1) is 0 Å². The summed E-state index contributed by atoms with van der Waals surface area (Å²) in [7, 11) is 0. The van der Waals surface area contributed by atoms with E-state index in [1.54, 1.807) is 0 Å². The summed E-state index contributed by atoms with van der Waals surface area (Å²) in [6, 6.07) is 14.0. The summed E-state index contributed by atoms with van der Waals surface area (Å²) in [4.78, 5) is 17.1. The van der Waals surface area contributed by atoms with E-state index in [0.29, 0.717) is 13.1 Å². The molecule has 0 N–H and O–H groups in total. The first-order valence-electron chi connectivity index (χ1n) is 10.4. The minimum Gasteiger partial charge on any atom is -0.352 e. The van der Waals surface area contributed by atoms with Crippen molar-refractivity contribution >= 4 is 11.7 Å². The third-order valence-electron chi connectivity index (χ3n) is 5.96. The van der Waals surface area contributed by atoms with Crippen molar-refractivity contribution in [2.24, 2.45) is 0 Å². The molecule has 0 radical (unpaired) electrons. The Labute approximate surface area is 170 Å². The van der Waals surface area contributed by atoms with Gasteiger partial charge in [-0.3, -0.25) is 4.79 Å². The number of aryl methyl sites for hydroxylation is 2. The van der Waals surface area contributed by atoms with E-state index >= 15 is 0 Å². The van der Waals surface area contributed by atoms with Gasteiger partial charge in [-0.25, -0.2) is 0 Å². The number of hydrogen-bond donors (Lipinski definition) is 0. The number of carbonyl (C=O) groups is 1. The first kappa shape index (κ1) is 17.9. The second-order valence-corrected chi connectivity index (χ2v) is 7.80. The van der Waals surface area contributed by atoms with Gasteiger partial charge in [-0.15, -0.1) is 5.10 Å². The van der Waals surface area contributed by atoms with Crippen LogP contribution >= 0.6 is 0 Å². The fourth-order valence-electron chi connectivity index (χ4n) is 4.24. The minimum atomic E-state index is 0.0974. The largest absolute Gasteiger partial charge is 0.352 e. The molecule has 3 heterocycles. The van der Waals surface area contributed by atoms with Crippen LogP contribution in [0.4, 0.5) is 5.82 Å². The molecule has 0 unspecified atom stereocenters. The predicted molar refractivity (Wildman–Crippen MR) is 113 cm³/mol. The van der Waals surface area contributed by atoms with Gasteiger partial charge >= 0.3 is 0 Å². The summed E-state index contributed by atoms with van der Waals surface area (Å²) in [5.41, 5.74) is 4.31. The highest BCUT2D eigenvalue weighted by molar-refractivity contribution is 5.94. The summed E-state index contributed by atoms with van der Waals surface area (Å²) < 4.78 is 2.03. The number of benzene rings is 1. The molecule has 3 aromatic rings. The number of fused-ring (bicyclic) bond motifs is 1. The van der Waals surface area contributed by atoms with Crippen molar-refractivity contribution in [1.82, 2.24) is 19.7 Å². The van der Waals surface area contributed by atoms with Crippen LogP contribution in [0.25, 0.3) is 5.69 Å². The van der Waals surface area contributed by atoms with Gasteiger partial charge in [0.1, 0.15) is 0 Å². The monoisotopic (exact) mass is 387 g/mol. The fourth-order valence-corrected chi connectivity index (χ4v) is 4.24. The molecule has 0 bridgehead atoms. The number of rotatable bonds is 3. The number of nitrogens with zero attached hydrogens (tertiary/aromatic N) is 5. The second kappa shape index (κ2) is 7.70. The van der Waals surface area contributed by atoms with Crippen molar-refractivity contribution in [2.75, 3.05) is 31.1 Å². The Morgan fingerprint density at radius 2 is 1.59 bits per heavy atom. The van der Waals surface area contributed by atoms with E-state index in [9.17, 15) is 4.79 Å². The Kier molecular flexibility index (Phi) is 4.76. The van der Waals surface area contributed by atoms with Crippen LogP contribution in [0.2, 0.25) is 0 Å². The molecule has 2 aromatic heterocycles. The number of anilines is 1. The van der Waals surface area contributed by atoms with Crippen molar-refractivity contribution in [1.29, 1.82) is 0 Å². The second-order valence-electron chi connectivity index (χ2n) is 7.80. The number of amides is 1. The summed E-state index contributed by atoms with van der Waals surface area (Å²) in [5.74, 6) is 1.05. The molecule has 1 fully saturated rings. The number of carbonyl (C=O) groups excluding carboxylic acids is 1. The van der Waals surface area contributed by atoms with E-state index in [1.807, 2.05) is 58.3 Å². The molecule has 0 spiro atoms. The van der Waals surface area contributed by atoms with E-state index in [2.05, 4.69) is 21.2 Å². The van der Waals surface area contributed by atoms with Crippen LogP contribution < -0.4 is 4.90 Å². The zero-order chi connectivity index (χ0) is 19.6. The first-order chi connectivity index (χ1) is 14.3. The zero-order valence-electron chi connectivity index (χ0n) is 16.5. The Bertz CT molecular complexity index is 989. The van der Waals surface area contributed by atoms with Gasteiger partial charge in [0.2, 0.25) is 0 Å². The van der Waals surface area contributed by atoms with E-state index in [4.69, 9.17) is 0 Å².